The van der Waals surface area contributed by atoms with Crippen molar-refractivity contribution in [1.82, 2.24) is 0 Å². The van der Waals surface area contributed by atoms with Gasteiger partial charge in [0.1, 0.15) is 5.78 Å². The first kappa shape index (κ1) is 42.9. The minimum Gasteiger partial charge on any atom is -0.463 e. The molecule has 0 aliphatic heterocycles. The van der Waals surface area contributed by atoms with E-state index in [0.717, 1.165) is 38.5 Å². The Morgan fingerprint density at radius 1 is 0.409 bits per heavy atom. The van der Waals surface area contributed by atoms with E-state index in [1.54, 1.807) is 0 Å². The number of unbranched alkanes of at least 4 members (excludes halogenated alkanes) is 31. The number of ketones is 1. The molecule has 44 heavy (non-hydrogen) atoms. The van der Waals surface area contributed by atoms with Gasteiger partial charge in [-0.1, -0.05) is 206 Å². The van der Waals surface area contributed by atoms with Crippen molar-refractivity contribution in [2.75, 3.05) is 6.61 Å². The first-order valence-corrected chi connectivity index (χ1v) is 20.0. The Balaban J connectivity index is 3.15. The second kappa shape index (κ2) is 38.1. The predicted molar refractivity (Wildman–Crippen MR) is 193 cm³/mol. The molecule has 260 valence electrons. The van der Waals surface area contributed by atoms with Crippen molar-refractivity contribution in [2.24, 2.45) is 0 Å². The quantitative estimate of drug-likeness (QED) is 0.0393. The monoisotopic (exact) mass is 619 g/mol. The number of Topliss-reactive ketones (excluding diaryl/α,β-unsaturated/α-hetero) is 1. The van der Waals surface area contributed by atoms with E-state index >= 15 is 0 Å². The lowest BCUT2D eigenvalue weighted by Crippen LogP contribution is -2.01. The summed E-state index contributed by atoms with van der Waals surface area (Å²) in [6, 6.07) is 0. The summed E-state index contributed by atoms with van der Waals surface area (Å²) in [6.07, 6.45) is 47.3. The standard InChI is InChI=1S/C41H78O3/c1-3-5-6-7-8-9-10-11-16-19-22-25-28-31-34-37-40(42)38-35-32-29-26-23-20-17-14-12-13-15-18-21-24-27-30-33-36-39-44-41(43)4-2/h4H,2-3,5-39H2,1H3. The Morgan fingerprint density at radius 3 is 0.932 bits per heavy atom. The van der Waals surface area contributed by atoms with Gasteiger partial charge in [-0.25, -0.2) is 4.79 Å². The van der Waals surface area contributed by atoms with Crippen molar-refractivity contribution < 1.29 is 14.3 Å². The fourth-order valence-corrected chi connectivity index (χ4v) is 6.30. The molecular formula is C41H78O3. The van der Waals surface area contributed by atoms with Crippen LogP contribution in [0.2, 0.25) is 0 Å². The van der Waals surface area contributed by atoms with Gasteiger partial charge in [0.25, 0.3) is 0 Å². The van der Waals surface area contributed by atoms with E-state index in [9.17, 15) is 9.59 Å². The summed E-state index contributed by atoms with van der Waals surface area (Å²) in [4.78, 5) is 23.1. The van der Waals surface area contributed by atoms with Crippen LogP contribution in [0, 0.1) is 0 Å². The molecule has 0 aromatic carbocycles. The summed E-state index contributed by atoms with van der Waals surface area (Å²) < 4.78 is 5.00. The molecule has 0 atom stereocenters. The van der Waals surface area contributed by atoms with Crippen LogP contribution < -0.4 is 0 Å². The molecule has 0 aliphatic carbocycles. The number of esters is 1. The van der Waals surface area contributed by atoms with Crippen LogP contribution in [-0.4, -0.2) is 18.4 Å². The number of ether oxygens (including phenoxy) is 1. The minimum atomic E-state index is -0.305. The van der Waals surface area contributed by atoms with Gasteiger partial charge in [0, 0.05) is 18.9 Å². The van der Waals surface area contributed by atoms with Crippen LogP contribution in [0.25, 0.3) is 0 Å². The summed E-state index contributed by atoms with van der Waals surface area (Å²) in [7, 11) is 0. The summed E-state index contributed by atoms with van der Waals surface area (Å²) >= 11 is 0. The third-order valence-electron chi connectivity index (χ3n) is 9.32. The number of hydrogen-bond acceptors (Lipinski definition) is 3. The Labute approximate surface area is 276 Å². The molecule has 0 fully saturated rings. The molecule has 0 spiro atoms. The van der Waals surface area contributed by atoms with Gasteiger partial charge in [-0.2, -0.15) is 0 Å². The minimum absolute atomic E-state index is 0.305. The van der Waals surface area contributed by atoms with E-state index in [4.69, 9.17) is 4.74 Å². The summed E-state index contributed by atoms with van der Waals surface area (Å²) in [5, 5.41) is 0. The van der Waals surface area contributed by atoms with Gasteiger partial charge in [-0.05, 0) is 19.3 Å². The highest BCUT2D eigenvalue weighted by molar-refractivity contribution is 5.81. The number of carbonyl (C=O) groups is 2. The second-order valence-corrected chi connectivity index (χ2v) is 13.7. The Morgan fingerprint density at radius 2 is 0.659 bits per heavy atom. The summed E-state index contributed by atoms with van der Waals surface area (Å²) in [5.41, 5.74) is 0. The van der Waals surface area contributed by atoms with Crippen molar-refractivity contribution in [3.05, 3.63) is 12.7 Å². The largest absolute Gasteiger partial charge is 0.463 e. The average Bonchev–Trinajstić information content (AvgIpc) is 3.03. The van der Waals surface area contributed by atoms with Crippen LogP contribution in [0.15, 0.2) is 12.7 Å². The molecule has 0 heterocycles. The SMILES string of the molecule is C=CC(=O)OCCCCCCCCCCCCCCCCCCCCC(=O)CCCCCCCCCCCCCCCCC. The third kappa shape index (κ3) is 37.1. The van der Waals surface area contributed by atoms with Gasteiger partial charge in [0.2, 0.25) is 0 Å². The van der Waals surface area contributed by atoms with Gasteiger partial charge < -0.3 is 4.74 Å². The zero-order valence-electron chi connectivity index (χ0n) is 30.0. The van der Waals surface area contributed by atoms with Crippen LogP contribution in [0.3, 0.4) is 0 Å². The molecule has 0 unspecified atom stereocenters. The van der Waals surface area contributed by atoms with E-state index < -0.39 is 0 Å². The van der Waals surface area contributed by atoms with Crippen LogP contribution in [0.5, 0.6) is 0 Å². The van der Waals surface area contributed by atoms with Gasteiger partial charge in [-0.3, -0.25) is 4.79 Å². The maximum atomic E-state index is 12.2. The number of carbonyl (C=O) groups excluding carboxylic acids is 2. The van der Waals surface area contributed by atoms with E-state index in [-0.39, 0.29) is 5.97 Å². The molecule has 0 saturated heterocycles. The van der Waals surface area contributed by atoms with E-state index in [1.807, 2.05) is 0 Å². The maximum absolute atomic E-state index is 12.2. The lowest BCUT2D eigenvalue weighted by atomic mass is 10.0. The van der Waals surface area contributed by atoms with Crippen molar-refractivity contribution in [3.8, 4) is 0 Å². The van der Waals surface area contributed by atoms with Gasteiger partial charge in [0.15, 0.2) is 0 Å². The van der Waals surface area contributed by atoms with Gasteiger partial charge in [0.05, 0.1) is 6.61 Å². The highest BCUT2D eigenvalue weighted by Gasteiger charge is 2.02. The molecule has 0 aromatic rings. The lowest BCUT2D eigenvalue weighted by molar-refractivity contribution is -0.137. The molecular weight excluding hydrogens is 540 g/mol. The summed E-state index contributed by atoms with van der Waals surface area (Å²) in [5.74, 6) is 0.210. The van der Waals surface area contributed by atoms with Crippen molar-refractivity contribution in [3.63, 3.8) is 0 Å². The van der Waals surface area contributed by atoms with E-state index in [1.165, 1.54) is 192 Å². The highest BCUT2D eigenvalue weighted by atomic mass is 16.5. The van der Waals surface area contributed by atoms with Crippen LogP contribution >= 0.6 is 0 Å². The third-order valence-corrected chi connectivity index (χ3v) is 9.32. The lowest BCUT2D eigenvalue weighted by Gasteiger charge is -2.05. The van der Waals surface area contributed by atoms with Crippen molar-refractivity contribution >= 4 is 11.8 Å². The fourth-order valence-electron chi connectivity index (χ4n) is 6.30. The topological polar surface area (TPSA) is 43.4 Å². The number of hydrogen-bond donors (Lipinski definition) is 0. The molecule has 0 radical (unpaired) electrons. The van der Waals surface area contributed by atoms with Crippen LogP contribution in [0.4, 0.5) is 0 Å². The predicted octanol–water partition coefficient (Wildman–Crippen LogP) is 14.0. The molecule has 0 amide bonds. The average molecular weight is 619 g/mol. The first-order valence-electron chi connectivity index (χ1n) is 20.0. The Bertz CT molecular complexity index is 599. The van der Waals surface area contributed by atoms with Crippen molar-refractivity contribution in [2.45, 2.75) is 232 Å². The fraction of sp³-hybridized carbons (Fsp3) is 0.902. The highest BCUT2D eigenvalue weighted by Crippen LogP contribution is 2.16. The second-order valence-electron chi connectivity index (χ2n) is 13.7. The Kier molecular flexibility index (Phi) is 37.1. The molecule has 0 aliphatic rings. The molecule has 3 nitrogen and oxygen atoms in total. The molecule has 0 aromatic heterocycles. The summed E-state index contributed by atoms with van der Waals surface area (Å²) in [6.45, 7) is 6.23. The van der Waals surface area contributed by atoms with E-state index in [0.29, 0.717) is 12.4 Å². The van der Waals surface area contributed by atoms with E-state index in [2.05, 4.69) is 13.5 Å². The smallest absolute Gasteiger partial charge is 0.330 e. The zero-order valence-corrected chi connectivity index (χ0v) is 30.0. The maximum Gasteiger partial charge on any atom is 0.330 e. The normalized spacial score (nSPS) is 11.2. The van der Waals surface area contributed by atoms with Gasteiger partial charge in [-0.15, -0.1) is 0 Å². The molecule has 3 heteroatoms. The molecule has 0 N–H and O–H groups in total. The molecule has 0 bridgehead atoms. The van der Waals surface area contributed by atoms with Gasteiger partial charge >= 0.3 is 5.97 Å². The van der Waals surface area contributed by atoms with Crippen LogP contribution in [0.1, 0.15) is 232 Å². The zero-order chi connectivity index (χ0) is 32.0. The molecule has 0 rings (SSSR count). The van der Waals surface area contributed by atoms with Crippen LogP contribution in [-0.2, 0) is 14.3 Å². The first-order chi connectivity index (χ1) is 21.7. The Hall–Kier alpha value is -1.12. The molecule has 0 saturated carbocycles. The van der Waals surface area contributed by atoms with Crippen molar-refractivity contribution in [1.29, 1.82) is 0 Å². The number of rotatable bonds is 38.